The fourth-order valence-electron chi connectivity index (χ4n) is 9.15. The van der Waals surface area contributed by atoms with Gasteiger partial charge in [0.2, 0.25) is 0 Å². The van der Waals surface area contributed by atoms with Crippen molar-refractivity contribution in [2.75, 3.05) is 7.11 Å². The average molecular weight is 724 g/mol. The fourth-order valence-corrected chi connectivity index (χ4v) is 9.32. The molecular weight excluding hydrogens is 682 g/mol. The second kappa shape index (κ2) is 13.5. The maximum absolute atomic E-state index is 14.0. The van der Waals surface area contributed by atoms with Gasteiger partial charge in [0.05, 0.1) is 12.6 Å². The topological polar surface area (TPSA) is 133 Å². The van der Waals surface area contributed by atoms with Gasteiger partial charge in [0.25, 0.3) is 11.8 Å². The Morgan fingerprint density at radius 3 is 2.25 bits per heavy atom. The highest BCUT2D eigenvalue weighted by molar-refractivity contribution is 6.31. The number of hydrogen-bond donors (Lipinski definition) is 2. The summed E-state index contributed by atoms with van der Waals surface area (Å²) in [4.78, 5) is 65.8. The van der Waals surface area contributed by atoms with Crippen molar-refractivity contribution in [2.45, 2.75) is 76.5 Å². The number of carbonyl (C=O) groups excluding carboxylic acids is 4. The maximum atomic E-state index is 14.0. The van der Waals surface area contributed by atoms with Gasteiger partial charge in [0, 0.05) is 52.1 Å². The summed E-state index contributed by atoms with van der Waals surface area (Å²) in [6.07, 6.45) is 4.52. The minimum Gasteiger partial charge on any atom is -0.464 e. The van der Waals surface area contributed by atoms with Crippen LogP contribution in [0.4, 0.5) is 0 Å². The third kappa shape index (κ3) is 6.60. The van der Waals surface area contributed by atoms with Crippen molar-refractivity contribution in [2.24, 2.45) is 17.8 Å². The lowest BCUT2D eigenvalue weighted by molar-refractivity contribution is -0.165. The number of hydrogen-bond acceptors (Lipinski definition) is 7. The molecule has 1 heterocycles. The lowest BCUT2D eigenvalue weighted by Gasteiger charge is -2.60. The van der Waals surface area contributed by atoms with Crippen LogP contribution in [0, 0.1) is 17.8 Å². The van der Waals surface area contributed by atoms with Crippen LogP contribution in [-0.2, 0) is 25.5 Å². The van der Waals surface area contributed by atoms with Gasteiger partial charge in [0.15, 0.2) is 11.0 Å². The SMILES string of the molecule is COC(=O)c1c(Cc2ccc(C(=O)NC3C4CC5C[C@@H]3CC(NC(=O)C(C)(C)OC(C)=O)(C5)C4)cc2)c(=O)c2ccc(Cl)cc2n1-c1ccccc1. The highest BCUT2D eigenvalue weighted by Gasteiger charge is 2.57. The van der Waals surface area contributed by atoms with Crippen molar-refractivity contribution in [1.82, 2.24) is 15.2 Å². The minimum atomic E-state index is -1.27. The molecule has 0 spiro atoms. The van der Waals surface area contributed by atoms with Gasteiger partial charge in [-0.2, -0.15) is 0 Å². The van der Waals surface area contributed by atoms with Gasteiger partial charge in [-0.05, 0) is 112 Å². The number of esters is 2. The number of rotatable bonds is 9. The van der Waals surface area contributed by atoms with E-state index in [1.165, 1.54) is 14.0 Å². The van der Waals surface area contributed by atoms with Gasteiger partial charge >= 0.3 is 11.9 Å². The van der Waals surface area contributed by atoms with Crippen molar-refractivity contribution in [1.29, 1.82) is 0 Å². The van der Waals surface area contributed by atoms with Crippen molar-refractivity contribution >= 4 is 46.3 Å². The Morgan fingerprint density at radius 1 is 0.942 bits per heavy atom. The van der Waals surface area contributed by atoms with Crippen LogP contribution >= 0.6 is 11.6 Å². The molecule has 4 aromatic rings. The summed E-state index contributed by atoms with van der Waals surface area (Å²) in [6.45, 7) is 4.51. The number of carbonyl (C=O) groups is 4. The Balaban J connectivity index is 1.11. The van der Waals surface area contributed by atoms with E-state index in [9.17, 15) is 24.0 Å². The largest absolute Gasteiger partial charge is 0.464 e. The standard InChI is InChI=1S/C41H42ClN3O7/c1-23(46)52-40(2,3)39(50)44-41-20-25-16-27(21-41)34(28(17-25)22-41)43-37(48)26-12-10-24(11-13-26)18-32-35(38(49)51-4)45(30-8-6-5-7-9-30)33-19-29(42)14-15-31(33)36(32)47/h5-15,19,25,27-28,34H,16-18,20-22H2,1-4H3,(H,43,48)(H,44,50)/t25?,27-,28?,34?,41?/m1/s1. The van der Waals surface area contributed by atoms with Crippen molar-refractivity contribution in [3.8, 4) is 5.69 Å². The molecule has 270 valence electrons. The Hall–Kier alpha value is -4.96. The van der Waals surface area contributed by atoms with Gasteiger partial charge in [-0.15, -0.1) is 0 Å². The molecule has 5 atom stereocenters. The van der Waals surface area contributed by atoms with Crippen molar-refractivity contribution in [3.05, 3.63) is 110 Å². The first-order valence-corrected chi connectivity index (χ1v) is 18.1. The summed E-state index contributed by atoms with van der Waals surface area (Å²) in [7, 11) is 1.29. The van der Waals surface area contributed by atoms with Crippen LogP contribution in [0.25, 0.3) is 16.6 Å². The molecule has 0 radical (unpaired) electrons. The van der Waals surface area contributed by atoms with Crippen LogP contribution in [0.3, 0.4) is 0 Å². The van der Waals surface area contributed by atoms with E-state index >= 15 is 0 Å². The number of ether oxygens (including phenoxy) is 2. The molecule has 8 rings (SSSR count). The Bertz CT molecular complexity index is 2130. The summed E-state index contributed by atoms with van der Waals surface area (Å²) < 4.78 is 12.2. The van der Waals surface area contributed by atoms with E-state index in [2.05, 4.69) is 10.6 Å². The lowest BCUT2D eigenvalue weighted by Crippen LogP contribution is -2.68. The Morgan fingerprint density at radius 2 is 1.62 bits per heavy atom. The number of nitrogens with zero attached hydrogens (tertiary/aromatic N) is 1. The number of nitrogens with one attached hydrogen (secondary N) is 2. The minimum absolute atomic E-state index is 0.0135. The first-order valence-electron chi connectivity index (χ1n) is 17.7. The van der Waals surface area contributed by atoms with Crippen LogP contribution in [0.15, 0.2) is 77.6 Å². The highest BCUT2D eigenvalue weighted by atomic mass is 35.5. The molecule has 1 aromatic heterocycles. The first-order chi connectivity index (χ1) is 24.8. The van der Waals surface area contributed by atoms with Crippen LogP contribution < -0.4 is 16.1 Å². The summed E-state index contributed by atoms with van der Waals surface area (Å²) >= 11 is 6.36. The predicted octanol–water partition coefficient (Wildman–Crippen LogP) is 6.16. The molecule has 52 heavy (non-hydrogen) atoms. The fraction of sp³-hybridized carbons (Fsp3) is 0.390. The first kappa shape index (κ1) is 35.4. The summed E-state index contributed by atoms with van der Waals surface area (Å²) in [6, 6.07) is 21.3. The summed E-state index contributed by atoms with van der Waals surface area (Å²) in [5.74, 6) is -0.720. The molecule has 0 saturated heterocycles. The molecule has 4 bridgehead atoms. The molecule has 4 unspecified atom stereocenters. The van der Waals surface area contributed by atoms with Crippen LogP contribution in [-0.4, -0.2) is 52.6 Å². The molecule has 4 aliphatic rings. The summed E-state index contributed by atoms with van der Waals surface area (Å²) in [5.41, 5.74) is 0.849. The van der Waals surface area contributed by atoms with Gasteiger partial charge in [-0.1, -0.05) is 41.9 Å². The molecule has 10 nitrogen and oxygen atoms in total. The predicted molar refractivity (Wildman–Crippen MR) is 197 cm³/mol. The molecule has 3 aromatic carbocycles. The van der Waals surface area contributed by atoms with Gasteiger partial charge < -0.3 is 24.7 Å². The number of pyridine rings is 1. The number of fused-ring (bicyclic) bond motifs is 1. The summed E-state index contributed by atoms with van der Waals surface area (Å²) in [5, 5.41) is 7.42. The van der Waals surface area contributed by atoms with E-state index in [1.807, 2.05) is 30.3 Å². The van der Waals surface area contributed by atoms with E-state index in [-0.39, 0.29) is 58.3 Å². The normalized spacial score (nSPS) is 23.2. The maximum Gasteiger partial charge on any atom is 0.355 e. The molecule has 4 aliphatic carbocycles. The van der Waals surface area contributed by atoms with Gasteiger partial charge in [-0.3, -0.25) is 19.2 Å². The number of amides is 2. The monoisotopic (exact) mass is 723 g/mol. The zero-order valence-corrected chi connectivity index (χ0v) is 30.4. The average Bonchev–Trinajstić information content (AvgIpc) is 3.10. The van der Waals surface area contributed by atoms with Gasteiger partial charge in [-0.25, -0.2) is 4.79 Å². The highest BCUT2D eigenvalue weighted by Crippen LogP contribution is 2.56. The van der Waals surface area contributed by atoms with Crippen molar-refractivity contribution < 1.29 is 28.7 Å². The van der Waals surface area contributed by atoms with E-state index in [1.54, 1.807) is 60.9 Å². The lowest BCUT2D eigenvalue weighted by atomic mass is 9.51. The number of para-hydroxylation sites is 1. The van der Waals surface area contributed by atoms with Gasteiger partial charge in [0.1, 0.15) is 5.69 Å². The van der Waals surface area contributed by atoms with Crippen LogP contribution in [0.5, 0.6) is 0 Å². The zero-order valence-electron chi connectivity index (χ0n) is 29.7. The molecule has 2 amide bonds. The quantitative estimate of drug-likeness (QED) is 0.198. The number of aromatic nitrogens is 1. The van der Waals surface area contributed by atoms with Crippen LogP contribution in [0.2, 0.25) is 5.02 Å². The van der Waals surface area contributed by atoms with E-state index in [0.29, 0.717) is 33.1 Å². The second-order valence-electron chi connectivity index (χ2n) is 15.2. The Labute approximate surface area is 306 Å². The van der Waals surface area contributed by atoms with Crippen LogP contribution in [0.1, 0.15) is 84.8 Å². The number of benzene rings is 3. The molecule has 2 N–H and O–H groups in total. The third-order valence-corrected chi connectivity index (χ3v) is 11.3. The Kier molecular flexibility index (Phi) is 9.23. The van der Waals surface area contributed by atoms with E-state index < -0.39 is 17.5 Å². The smallest absolute Gasteiger partial charge is 0.355 e. The number of methoxy groups -OCH3 is 1. The van der Waals surface area contributed by atoms with E-state index in [4.69, 9.17) is 21.1 Å². The van der Waals surface area contributed by atoms with Crippen molar-refractivity contribution in [3.63, 3.8) is 0 Å². The molecule has 4 fully saturated rings. The molecule has 4 saturated carbocycles. The second-order valence-corrected chi connectivity index (χ2v) is 15.6. The van der Waals surface area contributed by atoms with E-state index in [0.717, 1.165) is 37.7 Å². The molecular formula is C41H42ClN3O7. The third-order valence-electron chi connectivity index (χ3n) is 11.1. The molecule has 11 heteroatoms. The zero-order chi connectivity index (χ0) is 36.9. The molecule has 0 aliphatic heterocycles. The number of halogens is 1.